The van der Waals surface area contributed by atoms with Crippen LogP contribution in [0.3, 0.4) is 0 Å². The number of nitrogens with zero attached hydrogens (tertiary/aromatic N) is 6. The Morgan fingerprint density at radius 3 is 1.53 bits per heavy atom. The Balaban J connectivity index is 1.26. The Kier molecular flexibility index (Phi) is 7.73. The van der Waals surface area contributed by atoms with Crippen LogP contribution in [-0.2, 0) is 5.41 Å². The van der Waals surface area contributed by atoms with Gasteiger partial charge in [-0.2, -0.15) is 0 Å². The van der Waals surface area contributed by atoms with Crippen molar-refractivity contribution in [1.29, 1.82) is 0 Å². The summed E-state index contributed by atoms with van der Waals surface area (Å²) in [6.45, 7) is 4.70. The number of para-hydroxylation sites is 1. The molecule has 10 aromatic rings. The lowest BCUT2D eigenvalue weighted by Crippen LogP contribution is -2.14. The van der Waals surface area contributed by atoms with Crippen molar-refractivity contribution >= 4 is 21.8 Å². The molecule has 0 N–H and O–H groups in total. The number of aromatic nitrogens is 6. The Hall–Kier alpha value is -7.57. The highest BCUT2D eigenvalue weighted by molar-refractivity contribution is 6.13. The average molecular weight is 745 g/mol. The average Bonchev–Trinajstić information content (AvgIpc) is 3.73. The molecule has 0 bridgehead atoms. The number of pyridine rings is 2. The molecule has 0 aliphatic heterocycles. The van der Waals surface area contributed by atoms with Gasteiger partial charge in [0.15, 0.2) is 17.5 Å². The highest BCUT2D eigenvalue weighted by Crippen LogP contribution is 2.52. The minimum Gasteiger partial charge on any atom is -0.308 e. The molecule has 6 heteroatoms. The van der Waals surface area contributed by atoms with Crippen molar-refractivity contribution < 1.29 is 0 Å². The predicted molar refractivity (Wildman–Crippen MR) is 234 cm³/mol. The van der Waals surface area contributed by atoms with Gasteiger partial charge in [0.25, 0.3) is 0 Å². The molecule has 0 unspecified atom stereocenters. The second kappa shape index (κ2) is 13.3. The lowest BCUT2D eigenvalue weighted by atomic mass is 9.82. The first-order valence-electron chi connectivity index (χ1n) is 19.6. The van der Waals surface area contributed by atoms with Gasteiger partial charge >= 0.3 is 0 Å². The third kappa shape index (κ3) is 5.37. The van der Waals surface area contributed by atoms with Crippen LogP contribution in [-0.4, -0.2) is 29.5 Å². The lowest BCUT2D eigenvalue weighted by molar-refractivity contribution is 0.661. The molecule has 1 aliphatic carbocycles. The summed E-state index contributed by atoms with van der Waals surface area (Å²) in [5.74, 6) is 1.65. The Bertz CT molecular complexity index is 3060. The minimum atomic E-state index is -0.122. The van der Waals surface area contributed by atoms with Crippen molar-refractivity contribution in [2.75, 3.05) is 0 Å². The fraction of sp³-hybridized carbons (Fsp3) is 0.0577. The summed E-state index contributed by atoms with van der Waals surface area (Å²) in [7, 11) is 0. The van der Waals surface area contributed by atoms with E-state index in [0.29, 0.717) is 17.5 Å². The topological polar surface area (TPSA) is 69.4 Å². The Morgan fingerprint density at radius 1 is 0.397 bits per heavy atom. The van der Waals surface area contributed by atoms with E-state index in [4.69, 9.17) is 15.0 Å². The number of rotatable bonds is 6. The van der Waals surface area contributed by atoms with Gasteiger partial charge in [0.2, 0.25) is 0 Å². The maximum absolute atomic E-state index is 5.15. The third-order valence-corrected chi connectivity index (χ3v) is 11.6. The molecular formula is C52H36N6. The molecule has 6 nitrogen and oxygen atoms in total. The van der Waals surface area contributed by atoms with E-state index in [-0.39, 0.29) is 5.41 Å². The molecule has 0 radical (unpaired) electrons. The molecule has 0 saturated carbocycles. The smallest absolute Gasteiger partial charge is 0.165 e. The van der Waals surface area contributed by atoms with Crippen LogP contribution >= 0.6 is 0 Å². The van der Waals surface area contributed by atoms with Crippen LogP contribution in [0.2, 0.25) is 0 Å². The summed E-state index contributed by atoms with van der Waals surface area (Å²) in [6.07, 6.45) is 7.09. The molecule has 11 rings (SSSR count). The molecule has 0 amide bonds. The first-order chi connectivity index (χ1) is 28.5. The van der Waals surface area contributed by atoms with Crippen LogP contribution in [0.4, 0.5) is 0 Å². The van der Waals surface area contributed by atoms with E-state index in [2.05, 4.69) is 162 Å². The summed E-state index contributed by atoms with van der Waals surface area (Å²) in [5, 5.41) is 2.45. The summed E-state index contributed by atoms with van der Waals surface area (Å²) < 4.78 is 2.49. The fourth-order valence-electron chi connectivity index (χ4n) is 8.84. The second-order valence-corrected chi connectivity index (χ2v) is 15.4. The molecule has 0 atom stereocenters. The molecule has 0 fully saturated rings. The molecule has 1 aliphatic rings. The van der Waals surface area contributed by atoms with Gasteiger partial charge < -0.3 is 4.57 Å². The zero-order chi connectivity index (χ0) is 38.8. The van der Waals surface area contributed by atoms with Crippen molar-refractivity contribution in [1.82, 2.24) is 29.5 Å². The molecule has 4 heterocycles. The van der Waals surface area contributed by atoms with Crippen molar-refractivity contribution in [2.24, 2.45) is 0 Å². The number of fused-ring (bicyclic) bond motifs is 6. The summed E-state index contributed by atoms with van der Waals surface area (Å²) in [4.78, 5) is 24.0. The van der Waals surface area contributed by atoms with Crippen molar-refractivity contribution in [3.63, 3.8) is 0 Å². The molecule has 6 aromatic carbocycles. The minimum absolute atomic E-state index is 0.122. The zero-order valence-electron chi connectivity index (χ0n) is 32.0. The van der Waals surface area contributed by atoms with E-state index < -0.39 is 0 Å². The van der Waals surface area contributed by atoms with E-state index in [1.807, 2.05) is 24.3 Å². The van der Waals surface area contributed by atoms with Crippen LogP contribution < -0.4 is 0 Å². The van der Waals surface area contributed by atoms with Crippen LogP contribution in [0, 0.1) is 0 Å². The highest BCUT2D eigenvalue weighted by Gasteiger charge is 2.36. The van der Waals surface area contributed by atoms with Gasteiger partial charge in [-0.15, -0.1) is 0 Å². The van der Waals surface area contributed by atoms with Gasteiger partial charge in [0.1, 0.15) is 0 Å². The number of hydrogen-bond acceptors (Lipinski definition) is 5. The van der Waals surface area contributed by atoms with Gasteiger partial charge in [0, 0.05) is 68.8 Å². The van der Waals surface area contributed by atoms with E-state index in [1.54, 1.807) is 24.8 Å². The van der Waals surface area contributed by atoms with E-state index >= 15 is 0 Å². The van der Waals surface area contributed by atoms with Crippen molar-refractivity contribution in [3.05, 3.63) is 194 Å². The first-order valence-corrected chi connectivity index (χ1v) is 19.6. The molecule has 4 aromatic heterocycles. The monoisotopic (exact) mass is 744 g/mol. The molecule has 0 spiro atoms. The number of hydrogen-bond donors (Lipinski definition) is 0. The van der Waals surface area contributed by atoms with Gasteiger partial charge in [-0.1, -0.05) is 117 Å². The maximum Gasteiger partial charge on any atom is 0.165 e. The van der Waals surface area contributed by atoms with Gasteiger partial charge in [-0.3, -0.25) is 9.97 Å². The van der Waals surface area contributed by atoms with E-state index in [1.165, 1.54) is 33.0 Å². The molecular weight excluding hydrogens is 709 g/mol. The largest absolute Gasteiger partial charge is 0.308 e. The summed E-state index contributed by atoms with van der Waals surface area (Å²) in [6, 6.07) is 56.2. The first kappa shape index (κ1) is 33.7. The third-order valence-electron chi connectivity index (χ3n) is 11.6. The van der Waals surface area contributed by atoms with Crippen LogP contribution in [0.25, 0.3) is 95.0 Å². The van der Waals surface area contributed by atoms with Crippen LogP contribution in [0.1, 0.15) is 25.0 Å². The second-order valence-electron chi connectivity index (χ2n) is 15.4. The van der Waals surface area contributed by atoms with E-state index in [9.17, 15) is 0 Å². The molecule has 0 saturated heterocycles. The molecule has 58 heavy (non-hydrogen) atoms. The van der Waals surface area contributed by atoms with Crippen LogP contribution in [0.5, 0.6) is 0 Å². The normalized spacial score (nSPS) is 12.8. The number of benzene rings is 6. The molecule has 274 valence electrons. The standard InChI is InChI=1S/C52H36N6/c1-52(2)44-23-11-9-21-38(44)42-30-47-43(29-45(42)52)39-22-10-12-24-46(39)58(47)48-40(33-15-5-3-6-16-33)27-37(28-41(48)34-17-7-4-8-18-34)51-56-49(35-19-13-25-53-31-35)55-50(57-51)36-20-14-26-54-32-36/h3-32H,1-2H3. The maximum atomic E-state index is 5.15. The predicted octanol–water partition coefficient (Wildman–Crippen LogP) is 12.4. The Labute approximate surface area is 336 Å². The van der Waals surface area contributed by atoms with Gasteiger partial charge in [-0.05, 0) is 88.0 Å². The summed E-state index contributed by atoms with van der Waals surface area (Å²) in [5.41, 5.74) is 15.4. The highest BCUT2D eigenvalue weighted by atomic mass is 15.0. The zero-order valence-corrected chi connectivity index (χ0v) is 32.0. The van der Waals surface area contributed by atoms with Gasteiger partial charge in [0.05, 0.1) is 16.7 Å². The summed E-state index contributed by atoms with van der Waals surface area (Å²) >= 11 is 0. The van der Waals surface area contributed by atoms with Gasteiger partial charge in [-0.25, -0.2) is 15.0 Å². The quantitative estimate of drug-likeness (QED) is 0.170. The lowest BCUT2D eigenvalue weighted by Gasteiger charge is -2.22. The van der Waals surface area contributed by atoms with Crippen molar-refractivity contribution in [3.8, 4) is 73.2 Å². The Morgan fingerprint density at radius 2 is 0.931 bits per heavy atom. The SMILES string of the molecule is CC1(C)c2ccccc2-c2cc3c(cc21)c1ccccc1n3-c1c(-c2ccccc2)cc(-c2nc(-c3cccnc3)nc(-c3cccnc3)n2)cc1-c1ccccc1. The van der Waals surface area contributed by atoms with Crippen molar-refractivity contribution in [2.45, 2.75) is 19.3 Å². The van der Waals surface area contributed by atoms with Crippen LogP contribution in [0.15, 0.2) is 183 Å². The fourth-order valence-corrected chi connectivity index (χ4v) is 8.84. The van der Waals surface area contributed by atoms with E-state index in [0.717, 1.165) is 55.7 Å².